The molecule has 0 fully saturated rings. The lowest BCUT2D eigenvalue weighted by atomic mass is 10.1. The summed E-state index contributed by atoms with van der Waals surface area (Å²) in [5, 5.41) is 16.2. The fourth-order valence-corrected chi connectivity index (χ4v) is 2.09. The maximum atomic E-state index is 11.7. The van der Waals surface area contributed by atoms with Crippen LogP contribution in [0.3, 0.4) is 0 Å². The number of hydrogen-bond donors (Lipinski definition) is 3. The summed E-state index contributed by atoms with van der Waals surface area (Å²) in [4.78, 5) is 27.4. The zero-order valence-corrected chi connectivity index (χ0v) is 12.4. The molecule has 0 aliphatic heterocycles. The molecule has 112 valence electrons. The number of rotatable bonds is 4. The first-order valence-electron chi connectivity index (χ1n) is 6.16. The van der Waals surface area contributed by atoms with Crippen molar-refractivity contribution in [1.29, 1.82) is 0 Å². The minimum Gasteiger partial charge on any atom is -0.463 e. The summed E-state index contributed by atoms with van der Waals surface area (Å²) in [6.07, 6.45) is 1.52. The highest BCUT2D eigenvalue weighted by Gasteiger charge is 2.19. The van der Waals surface area contributed by atoms with E-state index in [1.807, 2.05) is 0 Å². The second-order valence-electron chi connectivity index (χ2n) is 4.96. The van der Waals surface area contributed by atoms with Crippen LogP contribution in [0.15, 0.2) is 28.2 Å². The molecule has 2 aromatic heterocycles. The van der Waals surface area contributed by atoms with Crippen molar-refractivity contribution in [2.45, 2.75) is 19.4 Å². The Bertz CT molecular complexity index is 628. The molecule has 8 heteroatoms. The van der Waals surface area contributed by atoms with Crippen LogP contribution in [-0.4, -0.2) is 34.1 Å². The van der Waals surface area contributed by atoms with Crippen LogP contribution >= 0.6 is 11.3 Å². The number of nitrogens with zero attached hydrogens (tertiary/aromatic N) is 1. The molecule has 2 aromatic rings. The van der Waals surface area contributed by atoms with Crippen molar-refractivity contribution in [1.82, 2.24) is 10.3 Å². The van der Waals surface area contributed by atoms with E-state index < -0.39 is 17.4 Å². The smallest absolute Gasteiger partial charge is 0.315 e. The van der Waals surface area contributed by atoms with Crippen molar-refractivity contribution in [3.8, 4) is 11.5 Å². The molecule has 0 saturated carbocycles. The van der Waals surface area contributed by atoms with E-state index in [2.05, 4.69) is 15.6 Å². The van der Waals surface area contributed by atoms with Gasteiger partial charge >= 0.3 is 11.8 Å². The SMILES string of the molecule is CC(C)(O)CNC(=O)C(=O)Nc1nc(-c2ccco2)cs1. The maximum absolute atomic E-state index is 11.7. The van der Waals surface area contributed by atoms with Crippen LogP contribution in [0.4, 0.5) is 5.13 Å². The molecular formula is C13H15N3O4S. The highest BCUT2D eigenvalue weighted by Crippen LogP contribution is 2.24. The fourth-order valence-electron chi connectivity index (χ4n) is 1.40. The third kappa shape index (κ3) is 4.40. The van der Waals surface area contributed by atoms with Gasteiger partial charge in [0.1, 0.15) is 5.69 Å². The Morgan fingerprint density at radius 1 is 1.43 bits per heavy atom. The first kappa shape index (κ1) is 15.2. The third-order valence-corrected chi connectivity index (χ3v) is 3.14. The van der Waals surface area contributed by atoms with E-state index in [1.54, 1.807) is 17.5 Å². The summed E-state index contributed by atoms with van der Waals surface area (Å²) in [5.74, 6) is -1.08. The maximum Gasteiger partial charge on any atom is 0.315 e. The number of hydrogen-bond acceptors (Lipinski definition) is 6. The lowest BCUT2D eigenvalue weighted by Crippen LogP contribution is -2.43. The van der Waals surface area contributed by atoms with Gasteiger partial charge in [-0.15, -0.1) is 11.3 Å². The summed E-state index contributed by atoms with van der Waals surface area (Å²) in [5.41, 5.74) is -0.499. The summed E-state index contributed by atoms with van der Waals surface area (Å²) in [6.45, 7) is 3.04. The molecule has 0 atom stereocenters. The van der Waals surface area contributed by atoms with Gasteiger partial charge in [-0.2, -0.15) is 0 Å². The normalized spacial score (nSPS) is 11.2. The molecule has 7 nitrogen and oxygen atoms in total. The van der Waals surface area contributed by atoms with Gasteiger partial charge in [0.25, 0.3) is 0 Å². The van der Waals surface area contributed by atoms with Crippen molar-refractivity contribution < 1.29 is 19.1 Å². The lowest BCUT2D eigenvalue weighted by Gasteiger charge is -2.16. The number of aliphatic hydroxyl groups is 1. The molecule has 21 heavy (non-hydrogen) atoms. The van der Waals surface area contributed by atoms with Gasteiger partial charge in [-0.1, -0.05) is 0 Å². The number of anilines is 1. The molecule has 2 amide bonds. The van der Waals surface area contributed by atoms with Gasteiger partial charge in [-0.3, -0.25) is 14.9 Å². The number of carbonyl (C=O) groups excluding carboxylic acids is 2. The van der Waals surface area contributed by atoms with Crippen LogP contribution in [0.2, 0.25) is 0 Å². The zero-order valence-electron chi connectivity index (χ0n) is 11.5. The Balaban J connectivity index is 1.92. The highest BCUT2D eigenvalue weighted by molar-refractivity contribution is 7.14. The summed E-state index contributed by atoms with van der Waals surface area (Å²) >= 11 is 1.18. The van der Waals surface area contributed by atoms with Crippen LogP contribution in [0.25, 0.3) is 11.5 Å². The van der Waals surface area contributed by atoms with Crippen LogP contribution in [0.5, 0.6) is 0 Å². The van der Waals surface area contributed by atoms with E-state index in [0.717, 1.165) is 0 Å². The van der Waals surface area contributed by atoms with E-state index in [0.29, 0.717) is 16.6 Å². The first-order valence-corrected chi connectivity index (χ1v) is 7.04. The van der Waals surface area contributed by atoms with Gasteiger partial charge in [0.05, 0.1) is 11.9 Å². The Morgan fingerprint density at radius 2 is 2.19 bits per heavy atom. The Labute approximate surface area is 125 Å². The molecule has 0 radical (unpaired) electrons. The summed E-state index contributed by atoms with van der Waals surface area (Å²) in [6, 6.07) is 3.48. The molecule has 0 aliphatic rings. The topological polar surface area (TPSA) is 104 Å². The summed E-state index contributed by atoms with van der Waals surface area (Å²) < 4.78 is 5.19. The van der Waals surface area contributed by atoms with Gasteiger partial charge in [0, 0.05) is 11.9 Å². The highest BCUT2D eigenvalue weighted by atomic mass is 32.1. The van der Waals surface area contributed by atoms with Crippen molar-refractivity contribution >= 4 is 28.3 Å². The predicted octanol–water partition coefficient (Wildman–Crippen LogP) is 1.23. The predicted molar refractivity (Wildman–Crippen MR) is 77.8 cm³/mol. The number of furan rings is 1. The molecule has 2 heterocycles. The largest absolute Gasteiger partial charge is 0.463 e. The van der Waals surface area contributed by atoms with Gasteiger partial charge < -0.3 is 14.8 Å². The van der Waals surface area contributed by atoms with Gasteiger partial charge in [-0.25, -0.2) is 4.98 Å². The van der Waals surface area contributed by atoms with Crippen LogP contribution in [-0.2, 0) is 9.59 Å². The second-order valence-corrected chi connectivity index (χ2v) is 5.82. The standard InChI is InChI=1S/C13H15N3O4S/c1-13(2,19)7-14-10(17)11(18)16-12-15-8(6-21-12)9-4-3-5-20-9/h3-6,19H,7H2,1-2H3,(H,14,17)(H,15,16,18). The van der Waals surface area contributed by atoms with Crippen molar-refractivity contribution in [3.05, 3.63) is 23.8 Å². The van der Waals surface area contributed by atoms with Crippen molar-refractivity contribution in [2.75, 3.05) is 11.9 Å². The van der Waals surface area contributed by atoms with E-state index in [4.69, 9.17) is 4.42 Å². The molecule has 3 N–H and O–H groups in total. The van der Waals surface area contributed by atoms with Crippen LogP contribution in [0, 0.1) is 0 Å². The van der Waals surface area contributed by atoms with Gasteiger partial charge in [0.15, 0.2) is 10.9 Å². The third-order valence-electron chi connectivity index (χ3n) is 2.39. The number of amides is 2. The monoisotopic (exact) mass is 309 g/mol. The second kappa shape index (κ2) is 6.06. The average Bonchev–Trinajstić information content (AvgIpc) is 3.04. The molecule has 0 aromatic carbocycles. The molecule has 0 spiro atoms. The van der Waals surface area contributed by atoms with Gasteiger partial charge in [0.2, 0.25) is 0 Å². The molecular weight excluding hydrogens is 294 g/mol. The number of aromatic nitrogens is 1. The quantitative estimate of drug-likeness (QED) is 0.737. The Kier molecular flexibility index (Phi) is 4.39. The Morgan fingerprint density at radius 3 is 2.81 bits per heavy atom. The summed E-state index contributed by atoms with van der Waals surface area (Å²) in [7, 11) is 0. The van der Waals surface area contributed by atoms with E-state index in [1.165, 1.54) is 31.4 Å². The average molecular weight is 309 g/mol. The molecule has 0 aliphatic carbocycles. The van der Waals surface area contributed by atoms with Crippen molar-refractivity contribution in [2.24, 2.45) is 0 Å². The van der Waals surface area contributed by atoms with E-state index in [-0.39, 0.29) is 6.54 Å². The van der Waals surface area contributed by atoms with Crippen LogP contribution < -0.4 is 10.6 Å². The first-order chi connectivity index (χ1) is 9.85. The minimum atomic E-state index is -1.08. The van der Waals surface area contributed by atoms with Crippen molar-refractivity contribution in [3.63, 3.8) is 0 Å². The lowest BCUT2D eigenvalue weighted by molar-refractivity contribution is -0.136. The van der Waals surface area contributed by atoms with E-state index in [9.17, 15) is 14.7 Å². The fraction of sp³-hybridized carbons (Fsp3) is 0.308. The van der Waals surface area contributed by atoms with Crippen LogP contribution in [0.1, 0.15) is 13.8 Å². The molecule has 0 bridgehead atoms. The number of nitrogens with one attached hydrogen (secondary N) is 2. The molecule has 0 saturated heterocycles. The Hall–Kier alpha value is -2.19. The number of thiazole rings is 1. The van der Waals surface area contributed by atoms with E-state index >= 15 is 0 Å². The molecule has 2 rings (SSSR count). The zero-order chi connectivity index (χ0) is 15.5. The molecule has 0 unspecified atom stereocenters. The van der Waals surface area contributed by atoms with Gasteiger partial charge in [-0.05, 0) is 26.0 Å². The number of carbonyl (C=O) groups is 2. The minimum absolute atomic E-state index is 0.0191.